The number of hydrogen-bond donors (Lipinski definition) is 6. The lowest BCUT2D eigenvalue weighted by Gasteiger charge is -2.54. The van der Waals surface area contributed by atoms with Crippen molar-refractivity contribution < 1.29 is 37.5 Å². The van der Waals surface area contributed by atoms with Crippen LogP contribution in [0.15, 0.2) is 22.2 Å². The third-order valence-corrected chi connectivity index (χ3v) is 32.1. The maximum absolute atomic E-state index is 13.0. The van der Waals surface area contributed by atoms with Crippen LogP contribution in [-0.2, 0) is 27.3 Å². The van der Waals surface area contributed by atoms with Gasteiger partial charge in [-0.3, -0.25) is 48.9 Å². The molecule has 7 heterocycles. The summed E-state index contributed by atoms with van der Waals surface area (Å²) in [6, 6.07) is 0. The topological polar surface area (TPSA) is 263 Å². The van der Waals surface area contributed by atoms with E-state index in [9.17, 15) is 29.4 Å². The first kappa shape index (κ1) is 59.0. The molecule has 408 valence electrons. The van der Waals surface area contributed by atoms with Gasteiger partial charge in [0, 0.05) is 21.9 Å². The average Bonchev–Trinajstić information content (AvgIpc) is 4.02. The van der Waals surface area contributed by atoms with Crippen LogP contribution in [0.2, 0.25) is 46.3 Å². The second kappa shape index (κ2) is 20.9. The van der Waals surface area contributed by atoms with E-state index in [1.165, 1.54) is 18.1 Å². The number of H-pyrrole nitrogens is 2. The number of rotatable bonds is 11. The maximum atomic E-state index is 13.0. The fraction of sp³-hybridized carbons (Fsp3) is 0.750. The van der Waals surface area contributed by atoms with Gasteiger partial charge in [0.15, 0.2) is 39.0 Å². The van der Waals surface area contributed by atoms with Gasteiger partial charge in [0.05, 0.1) is 48.6 Å². The molecule has 8 atom stereocenters. The van der Waals surface area contributed by atoms with Crippen molar-refractivity contribution in [2.75, 3.05) is 23.8 Å². The van der Waals surface area contributed by atoms with Gasteiger partial charge in [-0.15, -0.1) is 23.5 Å². The Morgan fingerprint density at radius 2 is 1.16 bits per heavy atom. The number of amides is 2. The van der Waals surface area contributed by atoms with Crippen LogP contribution in [0, 0.1) is 11.8 Å². The Hall–Kier alpha value is -3.25. The van der Waals surface area contributed by atoms with E-state index in [-0.39, 0.29) is 102 Å². The predicted octanol–water partition coefficient (Wildman–Crippen LogP) is 8.25. The molecule has 7 rings (SSSR count). The zero-order chi connectivity index (χ0) is 54.9. The Kier molecular flexibility index (Phi) is 16.9. The lowest BCUT2D eigenvalue weighted by molar-refractivity contribution is -0.119. The minimum atomic E-state index is -2.77. The molecule has 4 aromatic rings. The molecular formula is C48H82N10O10S2Si3. The van der Waals surface area contributed by atoms with E-state index in [2.05, 4.69) is 150 Å². The van der Waals surface area contributed by atoms with E-state index in [1.807, 2.05) is 4.57 Å². The predicted molar refractivity (Wildman–Crippen MR) is 297 cm³/mol. The number of aliphatic hydroxyl groups is 2. The molecule has 3 saturated heterocycles. The minimum absolute atomic E-state index is 0.0191. The number of thioether (sulfide) groups is 2. The van der Waals surface area contributed by atoms with E-state index in [0.29, 0.717) is 12.3 Å². The zero-order valence-corrected chi connectivity index (χ0v) is 51.1. The number of carbonyl (C=O) groups excluding carboxylic acids is 2. The molecule has 0 saturated carbocycles. The van der Waals surface area contributed by atoms with Gasteiger partial charge in [-0.1, -0.05) is 111 Å². The van der Waals surface area contributed by atoms with Crippen LogP contribution in [0.1, 0.15) is 122 Å². The van der Waals surface area contributed by atoms with Crippen molar-refractivity contribution in [1.82, 2.24) is 39.0 Å². The molecule has 0 aliphatic carbocycles. The number of fused-ring (bicyclic) bond motifs is 3. The van der Waals surface area contributed by atoms with E-state index in [4.69, 9.17) is 17.7 Å². The minimum Gasteiger partial charge on any atom is -0.408 e. The monoisotopic (exact) mass is 1110 g/mol. The zero-order valence-electron chi connectivity index (χ0n) is 46.5. The van der Waals surface area contributed by atoms with Crippen molar-refractivity contribution in [2.45, 2.75) is 203 Å². The highest BCUT2D eigenvalue weighted by molar-refractivity contribution is 8.00. The molecule has 3 aliphatic heterocycles. The first-order valence-electron chi connectivity index (χ1n) is 25.2. The molecule has 2 amide bonds. The highest BCUT2D eigenvalue weighted by atomic mass is 32.2. The Bertz CT molecular complexity index is 2760. The number of carbonyl (C=O) groups is 2. The van der Waals surface area contributed by atoms with E-state index in [0.717, 1.165) is 0 Å². The summed E-state index contributed by atoms with van der Waals surface area (Å²) < 4.78 is 31.5. The quantitative estimate of drug-likeness (QED) is 0.0772. The number of aliphatic hydroxyl groups excluding tert-OH is 2. The Balaban J connectivity index is 0.000000246. The third-order valence-electron chi connectivity index (χ3n) is 14.9. The molecule has 3 fully saturated rings. The van der Waals surface area contributed by atoms with Crippen LogP contribution in [0.4, 0.5) is 11.9 Å². The number of imidazole rings is 2. The lowest BCUT2D eigenvalue weighted by atomic mass is 10.1. The molecule has 25 heteroatoms. The van der Waals surface area contributed by atoms with Gasteiger partial charge >= 0.3 is 8.56 Å². The molecule has 20 nitrogen and oxygen atoms in total. The first-order valence-corrected chi connectivity index (χ1v) is 34.7. The summed E-state index contributed by atoms with van der Waals surface area (Å²) in [7, 11) is -7.30. The summed E-state index contributed by atoms with van der Waals surface area (Å²) >= 11 is 3.09. The van der Waals surface area contributed by atoms with Gasteiger partial charge in [-0.25, -0.2) is 9.97 Å². The molecule has 73 heavy (non-hydrogen) atoms. The summed E-state index contributed by atoms with van der Waals surface area (Å²) in [4.78, 5) is 73.0. The number of hydrogen-bond acceptors (Lipinski definition) is 16. The molecule has 4 aromatic heterocycles. The standard InChI is InChI=1S/C28H49N5O5SSi2.C20H33N5O5SSi/c1-16(2)22(34)31-25-30-21-18(23(35)32-25)29-15-33(21)24-20(37-40(12,13)26(3,4)5)19-17(39-24)14-36-41(38-19,27(6,7)8)28(9,10)11;1-10(2)16(28)23-19-22-15-12(17(29)24-19)21-9-25(15)18-14(13(27)11(8-26)31-18)30-32(6,7)20(3,4)5/h15-17,19-20,24H,14H2,1-13H3,(H2,30,31,32,34,35);9-11,13-14,18,26-27H,8H2,1-7H3,(H2,22,23,24,28,29)/t17-,19-,20-,24-;11-,13-,14-,18-/m11/s1. The van der Waals surface area contributed by atoms with E-state index < -0.39 is 59.1 Å². The molecule has 0 aromatic carbocycles. The van der Waals surface area contributed by atoms with Crippen molar-refractivity contribution in [3.05, 3.63) is 33.4 Å². The van der Waals surface area contributed by atoms with Gasteiger partial charge < -0.3 is 27.9 Å². The summed E-state index contributed by atoms with van der Waals surface area (Å²) in [5.41, 5.74) is 0.155. The number of aromatic nitrogens is 8. The normalized spacial score (nSPS) is 25.0. The van der Waals surface area contributed by atoms with Crippen LogP contribution in [0.3, 0.4) is 0 Å². The Labute approximate surface area is 441 Å². The fourth-order valence-electron chi connectivity index (χ4n) is 8.79. The lowest BCUT2D eigenvalue weighted by Crippen LogP contribution is -2.65. The fourth-order valence-corrected chi connectivity index (χ4v) is 19.7. The number of nitrogens with zero attached hydrogens (tertiary/aromatic N) is 6. The van der Waals surface area contributed by atoms with Gasteiger partial charge in [-0.2, -0.15) is 9.97 Å². The molecule has 6 N–H and O–H groups in total. The van der Waals surface area contributed by atoms with Crippen LogP contribution < -0.4 is 21.8 Å². The van der Waals surface area contributed by atoms with Crippen molar-refractivity contribution in [3.63, 3.8) is 0 Å². The van der Waals surface area contributed by atoms with Crippen molar-refractivity contribution in [2.24, 2.45) is 11.8 Å². The van der Waals surface area contributed by atoms with Crippen LogP contribution in [0.5, 0.6) is 0 Å². The third kappa shape index (κ3) is 11.7. The van der Waals surface area contributed by atoms with Crippen molar-refractivity contribution >= 4 is 94.8 Å². The smallest absolute Gasteiger partial charge is 0.349 e. The molecule has 0 unspecified atom stereocenters. The summed E-state index contributed by atoms with van der Waals surface area (Å²) in [6.07, 6.45) is 1.13. The van der Waals surface area contributed by atoms with Crippen LogP contribution >= 0.6 is 23.5 Å². The van der Waals surface area contributed by atoms with Crippen LogP contribution in [-0.4, -0.2) is 134 Å². The maximum Gasteiger partial charge on any atom is 0.349 e. The SMILES string of the molecule is CC(C)C(=O)Nc1nc2c(ncn2[C@@H]2S[C@@H]3CO[Si](C(C)(C)C)(C(C)(C)C)O[C@H]3[C@H]2O[Si](C)(C)C(C)(C)C)c(=O)[nH]1.CC(C)C(=O)Nc1nc2c(ncn2[C@@H]2S[C@H](CO)[C@@H](O)[C@H]2O[Si](C)(C)C(C)(C)C)c(=O)[nH]1. The second-order valence-corrected chi connectivity index (χ2v) is 42.3. The highest BCUT2D eigenvalue weighted by Gasteiger charge is 2.65. The van der Waals surface area contributed by atoms with Gasteiger partial charge in [0.1, 0.15) is 23.0 Å². The van der Waals surface area contributed by atoms with Gasteiger partial charge in [-0.05, 0) is 36.3 Å². The van der Waals surface area contributed by atoms with Crippen molar-refractivity contribution in [3.8, 4) is 0 Å². The second-order valence-electron chi connectivity index (χ2n) is 25.3. The van der Waals surface area contributed by atoms with Gasteiger partial charge in [0.25, 0.3) is 11.1 Å². The number of anilines is 2. The summed E-state index contributed by atoms with van der Waals surface area (Å²) in [6.45, 7) is 42.5. The van der Waals surface area contributed by atoms with Gasteiger partial charge in [0.2, 0.25) is 23.7 Å². The molecule has 0 radical (unpaired) electrons. The van der Waals surface area contributed by atoms with Crippen LogP contribution in [0.25, 0.3) is 22.3 Å². The van der Waals surface area contributed by atoms with Crippen molar-refractivity contribution in [1.29, 1.82) is 0 Å². The van der Waals surface area contributed by atoms with E-state index in [1.54, 1.807) is 50.4 Å². The highest BCUT2D eigenvalue weighted by Crippen LogP contribution is 2.59. The molecule has 0 spiro atoms. The summed E-state index contributed by atoms with van der Waals surface area (Å²) in [5, 5.41) is 24.6. The number of aromatic amines is 2. The largest absolute Gasteiger partial charge is 0.408 e. The number of nitrogens with one attached hydrogen (secondary N) is 4. The Morgan fingerprint density at radius 3 is 1.55 bits per heavy atom. The molecular weight excluding hydrogens is 1020 g/mol. The molecule has 3 aliphatic rings. The first-order chi connectivity index (χ1) is 33.4. The summed E-state index contributed by atoms with van der Waals surface area (Å²) in [5.74, 6) is -0.902. The average molecular weight is 1110 g/mol. The Morgan fingerprint density at radius 1 is 0.753 bits per heavy atom. The molecule has 0 bridgehead atoms. The van der Waals surface area contributed by atoms with E-state index >= 15 is 0 Å².